The van der Waals surface area contributed by atoms with Crippen molar-refractivity contribution in [3.05, 3.63) is 0 Å². The average molecular weight is 238 g/mol. The Morgan fingerprint density at radius 1 is 1.53 bits per heavy atom. The van der Waals surface area contributed by atoms with E-state index in [-0.39, 0.29) is 18.6 Å². The summed E-state index contributed by atoms with van der Waals surface area (Å²) in [6.07, 6.45) is 2.68. The number of aliphatic hydroxyl groups is 1. The molecule has 0 unspecified atom stereocenters. The highest BCUT2D eigenvalue weighted by Crippen LogP contribution is 2.34. The maximum Gasteiger partial charge on any atom is 0.243 e. The van der Waals surface area contributed by atoms with E-state index >= 15 is 0 Å². The Morgan fingerprint density at radius 2 is 2.24 bits per heavy atom. The van der Waals surface area contributed by atoms with Gasteiger partial charge in [0, 0.05) is 19.8 Å². The van der Waals surface area contributed by atoms with E-state index in [1.165, 1.54) is 0 Å². The van der Waals surface area contributed by atoms with Crippen molar-refractivity contribution in [3.8, 4) is 6.07 Å². The van der Waals surface area contributed by atoms with Gasteiger partial charge in [0.1, 0.15) is 5.41 Å². The first kappa shape index (κ1) is 12.3. The maximum atomic E-state index is 12.5. The Labute approximate surface area is 101 Å². The number of nitriles is 1. The zero-order chi connectivity index (χ0) is 12.3. The molecular weight excluding hydrogens is 220 g/mol. The second kappa shape index (κ2) is 5.03. The molecule has 1 amide bonds. The molecule has 2 rings (SSSR count). The van der Waals surface area contributed by atoms with Crippen LogP contribution in [0, 0.1) is 16.7 Å². The van der Waals surface area contributed by atoms with Crippen molar-refractivity contribution in [3.63, 3.8) is 0 Å². The smallest absolute Gasteiger partial charge is 0.243 e. The molecule has 0 aliphatic carbocycles. The predicted molar refractivity (Wildman–Crippen MR) is 59.9 cm³/mol. The van der Waals surface area contributed by atoms with Crippen molar-refractivity contribution in [2.75, 3.05) is 26.4 Å². The molecular formula is C12H18N2O3. The molecule has 2 fully saturated rings. The molecule has 0 aromatic heterocycles. The van der Waals surface area contributed by atoms with Crippen molar-refractivity contribution in [1.82, 2.24) is 4.90 Å². The largest absolute Gasteiger partial charge is 0.394 e. The molecule has 5 nitrogen and oxygen atoms in total. The van der Waals surface area contributed by atoms with Gasteiger partial charge in [0.05, 0.1) is 18.7 Å². The third kappa shape index (κ3) is 2.15. The quantitative estimate of drug-likeness (QED) is 0.750. The highest BCUT2D eigenvalue weighted by Gasteiger charge is 2.45. The van der Waals surface area contributed by atoms with Gasteiger partial charge in [0.25, 0.3) is 0 Å². The molecule has 17 heavy (non-hydrogen) atoms. The molecule has 0 spiro atoms. The van der Waals surface area contributed by atoms with Gasteiger partial charge in [0.2, 0.25) is 5.91 Å². The molecule has 5 heteroatoms. The van der Waals surface area contributed by atoms with Gasteiger partial charge in [-0.3, -0.25) is 4.79 Å². The number of carbonyl (C=O) groups is 1. The van der Waals surface area contributed by atoms with Gasteiger partial charge in [-0.1, -0.05) is 0 Å². The summed E-state index contributed by atoms with van der Waals surface area (Å²) in [4.78, 5) is 14.1. The third-order valence-electron chi connectivity index (χ3n) is 3.82. The van der Waals surface area contributed by atoms with Crippen molar-refractivity contribution in [1.29, 1.82) is 5.26 Å². The van der Waals surface area contributed by atoms with E-state index in [1.54, 1.807) is 4.90 Å². The van der Waals surface area contributed by atoms with E-state index in [0.29, 0.717) is 32.6 Å². The molecule has 0 aromatic rings. The van der Waals surface area contributed by atoms with Crippen LogP contribution in [0.4, 0.5) is 0 Å². The fourth-order valence-electron chi connectivity index (χ4n) is 2.66. The first-order valence-electron chi connectivity index (χ1n) is 6.14. The third-order valence-corrected chi connectivity index (χ3v) is 3.82. The van der Waals surface area contributed by atoms with Crippen molar-refractivity contribution in [2.24, 2.45) is 5.41 Å². The summed E-state index contributed by atoms with van der Waals surface area (Å²) < 4.78 is 5.22. The maximum absolute atomic E-state index is 12.5. The topological polar surface area (TPSA) is 73.6 Å². The van der Waals surface area contributed by atoms with Crippen molar-refractivity contribution >= 4 is 5.91 Å². The van der Waals surface area contributed by atoms with Crippen LogP contribution in [0.15, 0.2) is 0 Å². The second-order valence-electron chi connectivity index (χ2n) is 4.78. The Morgan fingerprint density at radius 3 is 2.82 bits per heavy atom. The van der Waals surface area contributed by atoms with Crippen LogP contribution in [0.3, 0.4) is 0 Å². The van der Waals surface area contributed by atoms with Crippen molar-refractivity contribution in [2.45, 2.75) is 31.7 Å². The molecule has 0 radical (unpaired) electrons. The molecule has 2 aliphatic heterocycles. The Hall–Kier alpha value is -1.12. The van der Waals surface area contributed by atoms with Crippen LogP contribution >= 0.6 is 0 Å². The van der Waals surface area contributed by atoms with Gasteiger partial charge in [-0.15, -0.1) is 0 Å². The number of amides is 1. The molecule has 2 heterocycles. The van der Waals surface area contributed by atoms with Crippen LogP contribution in [0.25, 0.3) is 0 Å². The lowest BCUT2D eigenvalue weighted by Crippen LogP contribution is -2.48. The summed E-state index contributed by atoms with van der Waals surface area (Å²) in [7, 11) is 0. The number of hydrogen-bond acceptors (Lipinski definition) is 4. The molecule has 2 aliphatic rings. The monoisotopic (exact) mass is 238 g/mol. The van der Waals surface area contributed by atoms with Crippen LogP contribution < -0.4 is 0 Å². The summed E-state index contributed by atoms with van der Waals surface area (Å²) in [5.74, 6) is -0.111. The highest BCUT2D eigenvalue weighted by atomic mass is 16.5. The number of hydrogen-bond donors (Lipinski definition) is 1. The van der Waals surface area contributed by atoms with Gasteiger partial charge in [-0.05, 0) is 25.7 Å². The fourth-order valence-corrected chi connectivity index (χ4v) is 2.66. The van der Waals surface area contributed by atoms with Crippen LogP contribution in [0.2, 0.25) is 0 Å². The zero-order valence-electron chi connectivity index (χ0n) is 9.89. The molecule has 0 bridgehead atoms. The average Bonchev–Trinajstić information content (AvgIpc) is 2.86. The lowest BCUT2D eigenvalue weighted by atomic mass is 9.80. The number of nitrogens with zero attached hydrogens (tertiary/aromatic N) is 2. The van der Waals surface area contributed by atoms with Crippen LogP contribution in [-0.2, 0) is 9.53 Å². The van der Waals surface area contributed by atoms with Gasteiger partial charge in [-0.25, -0.2) is 0 Å². The van der Waals surface area contributed by atoms with Crippen LogP contribution in [0.5, 0.6) is 0 Å². The number of aliphatic hydroxyl groups excluding tert-OH is 1. The van der Waals surface area contributed by atoms with Gasteiger partial charge in [-0.2, -0.15) is 5.26 Å². The van der Waals surface area contributed by atoms with Gasteiger partial charge >= 0.3 is 0 Å². The summed E-state index contributed by atoms with van der Waals surface area (Å²) in [5, 5.41) is 18.6. The molecule has 1 N–H and O–H groups in total. The zero-order valence-corrected chi connectivity index (χ0v) is 9.89. The fraction of sp³-hybridized carbons (Fsp3) is 0.833. The minimum atomic E-state index is -0.921. The van der Waals surface area contributed by atoms with E-state index in [1.807, 2.05) is 0 Å². The molecule has 0 saturated carbocycles. The standard InChI is InChI=1S/C12H18N2O3/c13-9-12(3-6-17-7-4-12)11(16)14-5-1-2-10(14)8-15/h10,15H,1-8H2/t10-/m1/s1. The molecule has 2 saturated heterocycles. The Balaban J connectivity index is 2.14. The van der Waals surface area contributed by atoms with E-state index in [0.717, 1.165) is 12.8 Å². The van der Waals surface area contributed by atoms with Crippen LogP contribution in [0.1, 0.15) is 25.7 Å². The van der Waals surface area contributed by atoms with Crippen LogP contribution in [-0.4, -0.2) is 48.3 Å². The number of rotatable bonds is 2. The lowest BCUT2D eigenvalue weighted by Gasteiger charge is -2.35. The van der Waals surface area contributed by atoms with E-state index in [2.05, 4.69) is 6.07 Å². The summed E-state index contributed by atoms with van der Waals surface area (Å²) in [6, 6.07) is 2.08. The second-order valence-corrected chi connectivity index (χ2v) is 4.78. The highest BCUT2D eigenvalue weighted by molar-refractivity contribution is 5.86. The summed E-state index contributed by atoms with van der Waals surface area (Å²) in [5.41, 5.74) is -0.921. The Kier molecular flexibility index (Phi) is 3.65. The first-order valence-corrected chi connectivity index (χ1v) is 6.14. The SMILES string of the molecule is N#CC1(C(=O)N2CCC[C@@H]2CO)CCOCC1. The molecule has 0 aromatic carbocycles. The minimum absolute atomic E-state index is 0.0102. The van der Waals surface area contributed by atoms with Gasteiger partial charge in [0.15, 0.2) is 0 Å². The molecule has 1 atom stereocenters. The number of likely N-dealkylation sites (tertiary alicyclic amines) is 1. The number of carbonyl (C=O) groups excluding carboxylic acids is 1. The lowest BCUT2D eigenvalue weighted by molar-refractivity contribution is -0.145. The molecule has 94 valence electrons. The van der Waals surface area contributed by atoms with Crippen molar-refractivity contribution < 1.29 is 14.6 Å². The summed E-state index contributed by atoms with van der Waals surface area (Å²) >= 11 is 0. The van der Waals surface area contributed by atoms with E-state index in [9.17, 15) is 15.2 Å². The minimum Gasteiger partial charge on any atom is -0.394 e. The first-order chi connectivity index (χ1) is 8.23. The predicted octanol–water partition coefficient (Wildman–Crippen LogP) is 0.290. The Bertz CT molecular complexity index is 331. The van der Waals surface area contributed by atoms with E-state index < -0.39 is 5.41 Å². The van der Waals surface area contributed by atoms with E-state index in [4.69, 9.17) is 4.74 Å². The summed E-state index contributed by atoms with van der Waals surface area (Å²) in [6.45, 7) is 1.59. The van der Waals surface area contributed by atoms with Gasteiger partial charge < -0.3 is 14.7 Å². The number of ether oxygens (including phenoxy) is 1. The normalized spacial score (nSPS) is 27.8.